The van der Waals surface area contributed by atoms with Gasteiger partial charge in [0.15, 0.2) is 0 Å². The zero-order valence-electron chi connectivity index (χ0n) is 9.08. The van der Waals surface area contributed by atoms with E-state index in [4.69, 9.17) is 5.73 Å². The van der Waals surface area contributed by atoms with E-state index in [0.717, 1.165) is 12.2 Å². The zero-order valence-corrected chi connectivity index (χ0v) is 9.08. The Labute approximate surface area is 86.3 Å². The summed E-state index contributed by atoms with van der Waals surface area (Å²) in [6, 6.07) is 1.99. The van der Waals surface area contributed by atoms with Crippen LogP contribution in [0.4, 0.5) is 0 Å². The smallest absolute Gasteiger partial charge is 0.0760 e. The largest absolute Gasteiger partial charge is 0.325 e. The molecule has 0 spiro atoms. The van der Waals surface area contributed by atoms with E-state index in [1.165, 1.54) is 32.1 Å². The molecular weight excluding hydrogens is 174 g/mol. The SMILES string of the molecule is CCCCCCCn1ccc(CN)n1. The third kappa shape index (κ3) is 3.92. The zero-order chi connectivity index (χ0) is 10.2. The molecule has 0 aliphatic rings. The normalized spacial score (nSPS) is 10.7. The van der Waals surface area contributed by atoms with Crippen molar-refractivity contribution in [2.75, 3.05) is 0 Å². The van der Waals surface area contributed by atoms with Gasteiger partial charge in [0.2, 0.25) is 0 Å². The van der Waals surface area contributed by atoms with Crippen LogP contribution in [-0.4, -0.2) is 9.78 Å². The van der Waals surface area contributed by atoms with Crippen LogP contribution in [0.5, 0.6) is 0 Å². The number of hydrogen-bond donors (Lipinski definition) is 1. The van der Waals surface area contributed by atoms with Gasteiger partial charge in [-0.1, -0.05) is 32.6 Å². The second-order valence-electron chi connectivity index (χ2n) is 3.69. The molecule has 0 aromatic carbocycles. The van der Waals surface area contributed by atoms with E-state index in [1.807, 2.05) is 16.9 Å². The van der Waals surface area contributed by atoms with E-state index in [2.05, 4.69) is 12.0 Å². The Bertz CT molecular complexity index is 242. The molecule has 0 saturated carbocycles. The fraction of sp³-hybridized carbons (Fsp3) is 0.727. The molecule has 1 aromatic heterocycles. The van der Waals surface area contributed by atoms with Gasteiger partial charge >= 0.3 is 0 Å². The molecule has 1 rings (SSSR count). The van der Waals surface area contributed by atoms with Crippen LogP contribution in [-0.2, 0) is 13.1 Å². The molecule has 0 bridgehead atoms. The van der Waals surface area contributed by atoms with Crippen molar-refractivity contribution in [2.24, 2.45) is 5.73 Å². The highest BCUT2D eigenvalue weighted by atomic mass is 15.3. The first kappa shape index (κ1) is 11.2. The number of rotatable bonds is 7. The van der Waals surface area contributed by atoms with Gasteiger partial charge in [-0.05, 0) is 12.5 Å². The number of nitrogens with two attached hydrogens (primary N) is 1. The highest BCUT2D eigenvalue weighted by molar-refractivity contribution is 4.97. The van der Waals surface area contributed by atoms with E-state index < -0.39 is 0 Å². The molecule has 80 valence electrons. The van der Waals surface area contributed by atoms with Crippen LogP contribution in [0.15, 0.2) is 12.3 Å². The molecule has 3 heteroatoms. The fourth-order valence-corrected chi connectivity index (χ4v) is 1.51. The summed E-state index contributed by atoms with van der Waals surface area (Å²) >= 11 is 0. The molecule has 3 nitrogen and oxygen atoms in total. The summed E-state index contributed by atoms with van der Waals surface area (Å²) in [6.45, 7) is 3.81. The predicted molar refractivity (Wildman–Crippen MR) is 58.9 cm³/mol. The highest BCUT2D eigenvalue weighted by Crippen LogP contribution is 2.04. The summed E-state index contributed by atoms with van der Waals surface area (Å²) in [6.07, 6.45) is 8.56. The third-order valence-electron chi connectivity index (χ3n) is 2.40. The van der Waals surface area contributed by atoms with Crippen molar-refractivity contribution in [3.8, 4) is 0 Å². The molecule has 1 heterocycles. The van der Waals surface area contributed by atoms with Gasteiger partial charge in [-0.25, -0.2) is 0 Å². The fourth-order valence-electron chi connectivity index (χ4n) is 1.51. The van der Waals surface area contributed by atoms with Gasteiger partial charge in [0.05, 0.1) is 5.69 Å². The summed E-state index contributed by atoms with van der Waals surface area (Å²) in [5, 5.41) is 4.34. The Balaban J connectivity index is 2.12. The second-order valence-corrected chi connectivity index (χ2v) is 3.69. The maximum Gasteiger partial charge on any atom is 0.0760 e. The van der Waals surface area contributed by atoms with Gasteiger partial charge in [0.25, 0.3) is 0 Å². The van der Waals surface area contributed by atoms with Crippen LogP contribution in [0.3, 0.4) is 0 Å². The van der Waals surface area contributed by atoms with Crippen molar-refractivity contribution in [2.45, 2.75) is 52.1 Å². The van der Waals surface area contributed by atoms with Crippen LogP contribution >= 0.6 is 0 Å². The topological polar surface area (TPSA) is 43.8 Å². The standard InChI is InChI=1S/C11H21N3/c1-2-3-4-5-6-8-14-9-7-11(10-12)13-14/h7,9H,2-6,8,10,12H2,1H3. The molecule has 0 amide bonds. The van der Waals surface area contributed by atoms with E-state index in [0.29, 0.717) is 6.54 Å². The lowest BCUT2D eigenvalue weighted by molar-refractivity contribution is 0.529. The van der Waals surface area contributed by atoms with Gasteiger partial charge in [-0.3, -0.25) is 4.68 Å². The molecule has 0 aliphatic carbocycles. The van der Waals surface area contributed by atoms with Crippen molar-refractivity contribution in [3.05, 3.63) is 18.0 Å². The van der Waals surface area contributed by atoms with Crippen LogP contribution in [0.2, 0.25) is 0 Å². The van der Waals surface area contributed by atoms with E-state index >= 15 is 0 Å². The Morgan fingerprint density at radius 2 is 2.07 bits per heavy atom. The van der Waals surface area contributed by atoms with Gasteiger partial charge in [0, 0.05) is 19.3 Å². The van der Waals surface area contributed by atoms with Crippen molar-refractivity contribution < 1.29 is 0 Å². The Kier molecular flexibility index (Phi) is 5.30. The Hall–Kier alpha value is -0.830. The number of nitrogens with zero attached hydrogens (tertiary/aromatic N) is 2. The lowest BCUT2D eigenvalue weighted by Crippen LogP contribution is -2.02. The monoisotopic (exact) mass is 195 g/mol. The molecule has 14 heavy (non-hydrogen) atoms. The summed E-state index contributed by atoms with van der Waals surface area (Å²) in [5.41, 5.74) is 6.47. The van der Waals surface area contributed by atoms with Gasteiger partial charge in [0.1, 0.15) is 0 Å². The van der Waals surface area contributed by atoms with E-state index in [9.17, 15) is 0 Å². The second kappa shape index (κ2) is 6.60. The minimum absolute atomic E-state index is 0.544. The third-order valence-corrected chi connectivity index (χ3v) is 2.40. The number of aryl methyl sites for hydroxylation is 1. The van der Waals surface area contributed by atoms with Crippen LogP contribution in [0.1, 0.15) is 44.7 Å². The van der Waals surface area contributed by atoms with Crippen molar-refractivity contribution in [1.82, 2.24) is 9.78 Å². The number of hydrogen-bond acceptors (Lipinski definition) is 2. The lowest BCUT2D eigenvalue weighted by Gasteiger charge is -2.00. The molecule has 0 radical (unpaired) electrons. The maximum absolute atomic E-state index is 5.48. The molecule has 1 aromatic rings. The first-order valence-corrected chi connectivity index (χ1v) is 5.59. The molecular formula is C11H21N3. The van der Waals surface area contributed by atoms with Crippen molar-refractivity contribution in [1.29, 1.82) is 0 Å². The summed E-state index contributed by atoms with van der Waals surface area (Å²) in [5.74, 6) is 0. The first-order chi connectivity index (χ1) is 6.86. The van der Waals surface area contributed by atoms with Crippen LogP contribution < -0.4 is 5.73 Å². The summed E-state index contributed by atoms with van der Waals surface area (Å²) in [4.78, 5) is 0. The van der Waals surface area contributed by atoms with E-state index in [1.54, 1.807) is 0 Å². The molecule has 0 saturated heterocycles. The van der Waals surface area contributed by atoms with Gasteiger partial charge < -0.3 is 5.73 Å². The van der Waals surface area contributed by atoms with Crippen molar-refractivity contribution >= 4 is 0 Å². The minimum Gasteiger partial charge on any atom is -0.325 e. The Morgan fingerprint density at radius 3 is 2.71 bits per heavy atom. The Morgan fingerprint density at radius 1 is 1.29 bits per heavy atom. The maximum atomic E-state index is 5.48. The predicted octanol–water partition coefficient (Wildman–Crippen LogP) is 2.31. The molecule has 2 N–H and O–H groups in total. The summed E-state index contributed by atoms with van der Waals surface area (Å²) < 4.78 is 1.99. The minimum atomic E-state index is 0.544. The van der Waals surface area contributed by atoms with Crippen LogP contribution in [0.25, 0.3) is 0 Å². The van der Waals surface area contributed by atoms with Crippen LogP contribution in [0, 0.1) is 0 Å². The number of unbranched alkanes of at least 4 members (excludes halogenated alkanes) is 4. The van der Waals surface area contributed by atoms with E-state index in [-0.39, 0.29) is 0 Å². The first-order valence-electron chi connectivity index (χ1n) is 5.59. The molecule has 0 atom stereocenters. The average Bonchev–Trinajstić information content (AvgIpc) is 2.65. The average molecular weight is 195 g/mol. The lowest BCUT2D eigenvalue weighted by atomic mass is 10.1. The summed E-state index contributed by atoms with van der Waals surface area (Å²) in [7, 11) is 0. The molecule has 0 aliphatic heterocycles. The quantitative estimate of drug-likeness (QED) is 0.678. The van der Waals surface area contributed by atoms with Gasteiger partial charge in [-0.2, -0.15) is 5.10 Å². The molecule has 0 fully saturated rings. The number of aromatic nitrogens is 2. The molecule has 0 unspecified atom stereocenters. The highest BCUT2D eigenvalue weighted by Gasteiger charge is 1.96. The van der Waals surface area contributed by atoms with Crippen molar-refractivity contribution in [3.63, 3.8) is 0 Å². The van der Waals surface area contributed by atoms with Gasteiger partial charge in [-0.15, -0.1) is 0 Å².